The van der Waals surface area contributed by atoms with Gasteiger partial charge in [-0.05, 0) is 106 Å². The zero-order valence-corrected chi connectivity index (χ0v) is 27.4. The SMILES string of the molecule is C=C(c1ccc(C)cc1C(CNC1CCOCC1)C1C=CC(C)C1)C1CCCCC1.CCC.CN1CCCCC1.O. The number of rotatable bonds is 7. The number of likely N-dealkylation sites (tertiary alicyclic amines) is 1. The van der Waals surface area contributed by atoms with Gasteiger partial charge in [-0.1, -0.05) is 95.4 Å². The van der Waals surface area contributed by atoms with Crippen molar-refractivity contribution >= 4 is 5.57 Å². The van der Waals surface area contributed by atoms with Gasteiger partial charge >= 0.3 is 0 Å². The number of nitrogens with one attached hydrogen (secondary N) is 1. The Kier molecular flexibility index (Phi) is 17.1. The van der Waals surface area contributed by atoms with Crippen LogP contribution in [0.3, 0.4) is 0 Å². The largest absolute Gasteiger partial charge is 0.412 e. The average Bonchev–Trinajstić information content (AvgIpc) is 3.41. The minimum atomic E-state index is 0. The van der Waals surface area contributed by atoms with Crippen molar-refractivity contribution in [3.63, 3.8) is 0 Å². The van der Waals surface area contributed by atoms with Crippen molar-refractivity contribution in [2.75, 3.05) is 39.9 Å². The number of aryl methyl sites for hydroxylation is 1. The zero-order chi connectivity index (χ0) is 28.7. The molecule has 0 aromatic heterocycles. The maximum atomic E-state index is 5.58. The van der Waals surface area contributed by atoms with E-state index in [-0.39, 0.29) is 5.48 Å². The molecule has 3 N–H and O–H groups in total. The van der Waals surface area contributed by atoms with Gasteiger partial charge in [0.1, 0.15) is 0 Å². The number of piperidine rings is 1. The molecule has 5 rings (SSSR count). The Labute approximate surface area is 253 Å². The van der Waals surface area contributed by atoms with Crippen LogP contribution in [0.5, 0.6) is 0 Å². The van der Waals surface area contributed by atoms with Gasteiger partial charge in [-0.25, -0.2) is 0 Å². The summed E-state index contributed by atoms with van der Waals surface area (Å²) in [6.45, 7) is 19.0. The van der Waals surface area contributed by atoms with Crippen molar-refractivity contribution in [1.29, 1.82) is 0 Å². The third kappa shape index (κ3) is 12.0. The molecular formula is C37H64N2O2. The smallest absolute Gasteiger partial charge is 0.0480 e. The Balaban J connectivity index is 0.000000456. The summed E-state index contributed by atoms with van der Waals surface area (Å²) >= 11 is 0. The molecule has 2 heterocycles. The Bertz CT molecular complexity index is 879. The second kappa shape index (κ2) is 19.7. The Hall–Kier alpha value is -1.46. The fourth-order valence-corrected chi connectivity index (χ4v) is 6.91. The maximum Gasteiger partial charge on any atom is 0.0480 e. The number of ether oxygens (including phenoxy) is 1. The predicted molar refractivity (Wildman–Crippen MR) is 179 cm³/mol. The molecular weight excluding hydrogens is 504 g/mol. The van der Waals surface area contributed by atoms with Crippen molar-refractivity contribution < 1.29 is 10.2 Å². The quantitative estimate of drug-likeness (QED) is 0.336. The lowest BCUT2D eigenvalue weighted by Crippen LogP contribution is -2.38. The van der Waals surface area contributed by atoms with Crippen LogP contribution >= 0.6 is 0 Å². The van der Waals surface area contributed by atoms with E-state index >= 15 is 0 Å². The first kappa shape index (κ1) is 35.7. The summed E-state index contributed by atoms with van der Waals surface area (Å²) in [7, 11) is 2.19. The highest BCUT2D eigenvalue weighted by molar-refractivity contribution is 5.69. The van der Waals surface area contributed by atoms with Gasteiger partial charge in [-0.2, -0.15) is 0 Å². The van der Waals surface area contributed by atoms with E-state index in [0.717, 1.165) is 32.6 Å². The normalized spacial score (nSPS) is 24.3. The van der Waals surface area contributed by atoms with Crippen LogP contribution in [0.2, 0.25) is 0 Å². The first-order chi connectivity index (χ1) is 19.4. The Morgan fingerprint density at radius 3 is 2.17 bits per heavy atom. The molecule has 1 saturated carbocycles. The van der Waals surface area contributed by atoms with Crippen LogP contribution < -0.4 is 5.32 Å². The van der Waals surface area contributed by atoms with Gasteiger partial charge in [0, 0.05) is 31.7 Å². The maximum absolute atomic E-state index is 5.58. The highest BCUT2D eigenvalue weighted by Crippen LogP contribution is 2.42. The lowest BCUT2D eigenvalue weighted by atomic mass is 9.76. The molecule has 3 atom stereocenters. The van der Waals surface area contributed by atoms with Gasteiger partial charge in [0.05, 0.1) is 0 Å². The molecule has 3 unspecified atom stereocenters. The highest BCUT2D eigenvalue weighted by atomic mass is 16.5. The molecule has 3 fully saturated rings. The Morgan fingerprint density at radius 2 is 1.61 bits per heavy atom. The van der Waals surface area contributed by atoms with Gasteiger partial charge < -0.3 is 20.4 Å². The molecule has 0 bridgehead atoms. The van der Waals surface area contributed by atoms with Gasteiger partial charge in [0.2, 0.25) is 0 Å². The Morgan fingerprint density at radius 1 is 0.976 bits per heavy atom. The van der Waals surface area contributed by atoms with E-state index in [1.807, 2.05) is 0 Å². The van der Waals surface area contributed by atoms with Crippen molar-refractivity contribution in [2.24, 2.45) is 17.8 Å². The molecule has 0 radical (unpaired) electrons. The summed E-state index contributed by atoms with van der Waals surface area (Å²) in [4.78, 5) is 2.39. The molecule has 234 valence electrons. The van der Waals surface area contributed by atoms with Crippen LogP contribution in [-0.4, -0.2) is 56.3 Å². The summed E-state index contributed by atoms with van der Waals surface area (Å²) in [6, 6.07) is 7.74. The number of hydrogen-bond acceptors (Lipinski definition) is 3. The second-order valence-corrected chi connectivity index (χ2v) is 13.2. The zero-order valence-electron chi connectivity index (χ0n) is 27.4. The van der Waals surface area contributed by atoms with Crippen LogP contribution in [0.1, 0.15) is 120 Å². The van der Waals surface area contributed by atoms with E-state index in [2.05, 4.69) is 81.9 Å². The summed E-state index contributed by atoms with van der Waals surface area (Å²) in [5.74, 6) is 2.49. The molecule has 2 saturated heterocycles. The minimum absolute atomic E-state index is 0. The van der Waals surface area contributed by atoms with Gasteiger partial charge in [0.25, 0.3) is 0 Å². The first-order valence-electron chi connectivity index (χ1n) is 16.9. The topological polar surface area (TPSA) is 56.0 Å². The number of hydrogen-bond donors (Lipinski definition) is 1. The van der Waals surface area contributed by atoms with Crippen LogP contribution in [0, 0.1) is 24.7 Å². The van der Waals surface area contributed by atoms with Gasteiger partial charge in [-0.15, -0.1) is 0 Å². The molecule has 4 heteroatoms. The lowest BCUT2D eigenvalue weighted by molar-refractivity contribution is 0.0773. The predicted octanol–water partition coefficient (Wildman–Crippen LogP) is 8.35. The summed E-state index contributed by atoms with van der Waals surface area (Å²) < 4.78 is 5.58. The summed E-state index contributed by atoms with van der Waals surface area (Å²) in [5.41, 5.74) is 5.75. The standard InChI is InChI=1S/C28H41NO.C6H13N.C3H8.H2O/c1-20-9-11-24(17-20)28(19-29-25-13-15-30-16-14-25)27-18-21(2)10-12-26(27)22(3)23-7-5-4-6-8-23;1-7-5-3-2-4-6-7;1-3-2;/h9-12,18,20,23-25,28-29H,3-8,13-17,19H2,1-2H3;2-6H2,1H3;3H2,1-2H3;1H2. The van der Waals surface area contributed by atoms with Crippen LogP contribution in [-0.2, 0) is 4.74 Å². The van der Waals surface area contributed by atoms with Crippen molar-refractivity contribution in [1.82, 2.24) is 10.2 Å². The molecule has 1 aromatic rings. The van der Waals surface area contributed by atoms with E-state index in [4.69, 9.17) is 4.74 Å². The lowest BCUT2D eigenvalue weighted by Gasteiger charge is -2.32. The number of nitrogens with zero attached hydrogens (tertiary/aromatic N) is 1. The molecule has 2 aliphatic heterocycles. The number of allylic oxidation sites excluding steroid dienone is 3. The fourth-order valence-electron chi connectivity index (χ4n) is 6.91. The van der Waals surface area contributed by atoms with E-state index in [0.29, 0.717) is 29.7 Å². The molecule has 41 heavy (non-hydrogen) atoms. The number of benzene rings is 1. The van der Waals surface area contributed by atoms with Gasteiger partial charge in [-0.3, -0.25) is 0 Å². The molecule has 4 aliphatic rings. The fraction of sp³-hybridized carbons (Fsp3) is 0.730. The van der Waals surface area contributed by atoms with E-state index in [9.17, 15) is 0 Å². The summed E-state index contributed by atoms with van der Waals surface area (Å²) in [6.07, 6.45) is 20.7. The van der Waals surface area contributed by atoms with Crippen LogP contribution in [0.15, 0.2) is 36.9 Å². The minimum Gasteiger partial charge on any atom is -0.412 e. The average molecular weight is 569 g/mol. The molecule has 4 nitrogen and oxygen atoms in total. The van der Waals surface area contributed by atoms with Crippen molar-refractivity contribution in [3.8, 4) is 0 Å². The monoisotopic (exact) mass is 568 g/mol. The van der Waals surface area contributed by atoms with Crippen molar-refractivity contribution in [3.05, 3.63) is 53.6 Å². The van der Waals surface area contributed by atoms with Crippen LogP contribution in [0.25, 0.3) is 5.57 Å². The van der Waals surface area contributed by atoms with Crippen LogP contribution in [0.4, 0.5) is 0 Å². The first-order valence-corrected chi connectivity index (χ1v) is 16.9. The third-order valence-corrected chi connectivity index (χ3v) is 9.33. The highest BCUT2D eigenvalue weighted by Gasteiger charge is 2.30. The molecule has 2 aliphatic carbocycles. The van der Waals surface area contributed by atoms with Crippen molar-refractivity contribution in [2.45, 2.75) is 117 Å². The third-order valence-electron chi connectivity index (χ3n) is 9.33. The second-order valence-electron chi connectivity index (χ2n) is 13.2. The van der Waals surface area contributed by atoms with E-state index < -0.39 is 0 Å². The molecule has 0 amide bonds. The molecule has 1 aromatic carbocycles. The van der Waals surface area contributed by atoms with Gasteiger partial charge in [0.15, 0.2) is 0 Å². The van der Waals surface area contributed by atoms with E-state index in [1.165, 1.54) is 99.6 Å². The summed E-state index contributed by atoms with van der Waals surface area (Å²) in [5, 5.41) is 3.93. The molecule has 0 spiro atoms. The van der Waals surface area contributed by atoms with E-state index in [1.54, 1.807) is 0 Å².